The molecule has 3 rings (SSSR count). The van der Waals surface area contributed by atoms with E-state index >= 15 is 0 Å². The Bertz CT molecular complexity index is 882. The van der Waals surface area contributed by atoms with Crippen molar-refractivity contribution in [3.05, 3.63) is 65.4 Å². The van der Waals surface area contributed by atoms with Crippen LogP contribution < -0.4 is 10.1 Å². The SMILES string of the molecule is CCn1c(C(=O)O)c(CNCc2ccc(OC)cc2)c2ccccc21. The quantitative estimate of drug-likeness (QED) is 0.690. The number of nitrogens with zero attached hydrogens (tertiary/aromatic N) is 1. The van der Waals surface area contributed by atoms with E-state index in [1.54, 1.807) is 7.11 Å². The van der Waals surface area contributed by atoms with Crippen molar-refractivity contribution in [2.24, 2.45) is 0 Å². The highest BCUT2D eigenvalue weighted by Crippen LogP contribution is 2.26. The highest BCUT2D eigenvalue weighted by Gasteiger charge is 2.20. The lowest BCUT2D eigenvalue weighted by atomic mass is 10.1. The van der Waals surface area contributed by atoms with E-state index in [-0.39, 0.29) is 0 Å². The molecule has 5 heteroatoms. The van der Waals surface area contributed by atoms with E-state index in [4.69, 9.17) is 4.74 Å². The third kappa shape index (κ3) is 3.37. The highest BCUT2D eigenvalue weighted by atomic mass is 16.5. The number of aromatic nitrogens is 1. The van der Waals surface area contributed by atoms with Crippen molar-refractivity contribution in [1.29, 1.82) is 0 Å². The number of rotatable bonds is 7. The third-order valence-electron chi connectivity index (χ3n) is 4.38. The molecule has 0 aliphatic heterocycles. The number of para-hydroxylation sites is 1. The van der Waals surface area contributed by atoms with Crippen LogP contribution in [-0.2, 0) is 19.6 Å². The van der Waals surface area contributed by atoms with Crippen LogP contribution in [0.2, 0.25) is 0 Å². The van der Waals surface area contributed by atoms with Crippen LogP contribution in [-0.4, -0.2) is 22.8 Å². The summed E-state index contributed by atoms with van der Waals surface area (Å²) >= 11 is 0. The summed E-state index contributed by atoms with van der Waals surface area (Å²) in [5.74, 6) is -0.0674. The van der Waals surface area contributed by atoms with Crippen molar-refractivity contribution in [2.75, 3.05) is 7.11 Å². The molecule has 5 nitrogen and oxygen atoms in total. The Labute approximate surface area is 146 Å². The van der Waals surface area contributed by atoms with Crippen LogP contribution >= 0.6 is 0 Å². The summed E-state index contributed by atoms with van der Waals surface area (Å²) in [7, 11) is 1.64. The van der Waals surface area contributed by atoms with Crippen LogP contribution in [0.4, 0.5) is 0 Å². The van der Waals surface area contributed by atoms with Gasteiger partial charge in [-0.3, -0.25) is 0 Å². The average molecular weight is 338 g/mol. The fraction of sp³-hybridized carbons (Fsp3) is 0.250. The second kappa shape index (κ2) is 7.40. The van der Waals surface area contributed by atoms with Crippen molar-refractivity contribution in [1.82, 2.24) is 9.88 Å². The second-order valence-electron chi connectivity index (χ2n) is 5.85. The number of fused-ring (bicyclic) bond motifs is 1. The van der Waals surface area contributed by atoms with Gasteiger partial charge in [0.1, 0.15) is 11.4 Å². The molecule has 0 saturated heterocycles. The Morgan fingerprint density at radius 3 is 2.48 bits per heavy atom. The fourth-order valence-corrected chi connectivity index (χ4v) is 3.20. The molecule has 25 heavy (non-hydrogen) atoms. The lowest BCUT2D eigenvalue weighted by Crippen LogP contribution is -2.16. The summed E-state index contributed by atoms with van der Waals surface area (Å²) in [6.45, 7) is 3.75. The highest BCUT2D eigenvalue weighted by molar-refractivity contribution is 5.98. The van der Waals surface area contributed by atoms with Gasteiger partial charge in [0.25, 0.3) is 0 Å². The largest absolute Gasteiger partial charge is 0.497 e. The number of benzene rings is 2. The summed E-state index contributed by atoms with van der Waals surface area (Å²) in [4.78, 5) is 11.8. The molecular weight excluding hydrogens is 316 g/mol. The van der Waals surface area contributed by atoms with Crippen LogP contribution in [0.3, 0.4) is 0 Å². The average Bonchev–Trinajstić information content (AvgIpc) is 2.96. The Morgan fingerprint density at radius 2 is 1.84 bits per heavy atom. The predicted octanol–water partition coefficient (Wildman–Crippen LogP) is 3.66. The van der Waals surface area contributed by atoms with E-state index in [0.717, 1.165) is 27.8 Å². The lowest BCUT2D eigenvalue weighted by Gasteiger charge is -2.08. The fourth-order valence-electron chi connectivity index (χ4n) is 3.20. The molecule has 0 bridgehead atoms. The number of methoxy groups -OCH3 is 1. The molecule has 130 valence electrons. The molecule has 3 aromatic rings. The van der Waals surface area contributed by atoms with Crippen molar-refractivity contribution in [2.45, 2.75) is 26.6 Å². The first-order valence-electron chi connectivity index (χ1n) is 8.32. The van der Waals surface area contributed by atoms with Crippen molar-refractivity contribution >= 4 is 16.9 Å². The van der Waals surface area contributed by atoms with Gasteiger partial charge in [-0.15, -0.1) is 0 Å². The molecule has 0 aliphatic carbocycles. The van der Waals surface area contributed by atoms with E-state index in [9.17, 15) is 9.90 Å². The number of carbonyl (C=O) groups is 1. The van der Waals surface area contributed by atoms with E-state index in [1.807, 2.05) is 60.0 Å². The molecule has 0 atom stereocenters. The van der Waals surface area contributed by atoms with Crippen molar-refractivity contribution < 1.29 is 14.6 Å². The van der Waals surface area contributed by atoms with Crippen LogP contribution in [0.1, 0.15) is 28.5 Å². The number of ether oxygens (including phenoxy) is 1. The first kappa shape index (κ1) is 17.0. The Balaban J connectivity index is 1.85. The number of aromatic carboxylic acids is 1. The van der Waals surface area contributed by atoms with Gasteiger partial charge in [0, 0.05) is 36.1 Å². The number of aryl methyl sites for hydroxylation is 1. The summed E-state index contributed by atoms with van der Waals surface area (Å²) in [5.41, 5.74) is 3.28. The number of hydrogen-bond donors (Lipinski definition) is 2. The summed E-state index contributed by atoms with van der Waals surface area (Å²) < 4.78 is 7.02. The van der Waals surface area contributed by atoms with Crippen LogP contribution in [0.25, 0.3) is 10.9 Å². The maximum Gasteiger partial charge on any atom is 0.352 e. The summed E-state index contributed by atoms with van der Waals surface area (Å²) in [6.07, 6.45) is 0. The van der Waals surface area contributed by atoms with Gasteiger partial charge < -0.3 is 19.7 Å². The van der Waals surface area contributed by atoms with Crippen molar-refractivity contribution in [3.63, 3.8) is 0 Å². The minimum Gasteiger partial charge on any atom is -0.497 e. The van der Waals surface area contributed by atoms with Crippen LogP contribution in [0.5, 0.6) is 5.75 Å². The number of nitrogens with one attached hydrogen (secondary N) is 1. The van der Waals surface area contributed by atoms with E-state index < -0.39 is 5.97 Å². The first-order chi connectivity index (χ1) is 12.2. The maximum absolute atomic E-state index is 11.8. The normalized spacial score (nSPS) is 11.0. The molecule has 0 aliphatic rings. The Hall–Kier alpha value is -2.79. The molecule has 0 fully saturated rings. The number of carboxylic acids is 1. The molecule has 1 aromatic heterocycles. The zero-order chi connectivity index (χ0) is 17.8. The van der Waals surface area contributed by atoms with Gasteiger partial charge in [-0.2, -0.15) is 0 Å². The minimum atomic E-state index is -0.890. The molecular formula is C20H22N2O3. The van der Waals surface area contributed by atoms with Crippen LogP contribution in [0.15, 0.2) is 48.5 Å². The van der Waals surface area contributed by atoms with E-state index in [2.05, 4.69) is 5.32 Å². The molecule has 0 amide bonds. The van der Waals surface area contributed by atoms with Crippen LogP contribution in [0, 0.1) is 0 Å². The van der Waals surface area contributed by atoms with Gasteiger partial charge >= 0.3 is 5.97 Å². The van der Waals surface area contributed by atoms with Gasteiger partial charge in [-0.25, -0.2) is 4.79 Å². The second-order valence-corrected chi connectivity index (χ2v) is 5.85. The first-order valence-corrected chi connectivity index (χ1v) is 8.32. The lowest BCUT2D eigenvalue weighted by molar-refractivity contribution is 0.0684. The predicted molar refractivity (Wildman–Crippen MR) is 98.1 cm³/mol. The molecule has 0 unspecified atom stereocenters. The van der Waals surface area contributed by atoms with Gasteiger partial charge in [0.05, 0.1) is 7.11 Å². The number of hydrogen-bond acceptors (Lipinski definition) is 3. The topological polar surface area (TPSA) is 63.5 Å². The zero-order valence-corrected chi connectivity index (χ0v) is 14.5. The molecule has 0 radical (unpaired) electrons. The molecule has 2 aromatic carbocycles. The Kier molecular flexibility index (Phi) is 5.05. The monoisotopic (exact) mass is 338 g/mol. The van der Waals surface area contributed by atoms with Gasteiger partial charge in [-0.05, 0) is 30.7 Å². The zero-order valence-electron chi connectivity index (χ0n) is 14.5. The third-order valence-corrected chi connectivity index (χ3v) is 4.38. The maximum atomic E-state index is 11.8. The smallest absolute Gasteiger partial charge is 0.352 e. The molecule has 0 saturated carbocycles. The van der Waals surface area contributed by atoms with Crippen molar-refractivity contribution in [3.8, 4) is 5.75 Å². The standard InChI is InChI=1S/C20H22N2O3/c1-3-22-18-7-5-4-6-16(18)17(19(22)20(23)24)13-21-12-14-8-10-15(25-2)11-9-14/h4-11,21H,3,12-13H2,1-2H3,(H,23,24). The van der Waals surface area contributed by atoms with E-state index in [0.29, 0.717) is 25.3 Å². The number of carboxylic acid groups (broad SMARTS) is 1. The van der Waals surface area contributed by atoms with E-state index in [1.165, 1.54) is 0 Å². The van der Waals surface area contributed by atoms with Gasteiger partial charge in [-0.1, -0.05) is 30.3 Å². The summed E-state index contributed by atoms with van der Waals surface area (Å²) in [6, 6.07) is 15.7. The molecule has 2 N–H and O–H groups in total. The minimum absolute atomic E-state index is 0.367. The Morgan fingerprint density at radius 1 is 1.12 bits per heavy atom. The van der Waals surface area contributed by atoms with Gasteiger partial charge in [0.2, 0.25) is 0 Å². The summed E-state index contributed by atoms with van der Waals surface area (Å²) in [5, 5.41) is 14.0. The molecule has 0 spiro atoms. The molecule has 1 heterocycles. The van der Waals surface area contributed by atoms with Gasteiger partial charge in [0.15, 0.2) is 0 Å².